The summed E-state index contributed by atoms with van der Waals surface area (Å²) in [5, 5.41) is 6.50. The van der Waals surface area contributed by atoms with Crippen LogP contribution < -0.4 is 29.7 Å². The molecule has 2 aliphatic heterocycles. The second-order valence-electron chi connectivity index (χ2n) is 8.31. The van der Waals surface area contributed by atoms with Gasteiger partial charge in [-0.3, -0.25) is 4.72 Å². The molecule has 11 nitrogen and oxygen atoms in total. The van der Waals surface area contributed by atoms with Crippen molar-refractivity contribution in [2.75, 3.05) is 60.0 Å². The van der Waals surface area contributed by atoms with E-state index in [1.807, 2.05) is 12.1 Å². The topological polar surface area (TPSA) is 127 Å². The maximum atomic E-state index is 11.7. The van der Waals surface area contributed by atoms with Crippen molar-refractivity contribution in [1.29, 1.82) is 0 Å². The quantitative estimate of drug-likeness (QED) is 0.415. The van der Waals surface area contributed by atoms with Crippen LogP contribution in [0.5, 0.6) is 11.5 Å². The number of hydrogen-bond acceptors (Lipinski definition) is 10. The molecule has 0 saturated carbocycles. The molecule has 0 radical (unpaired) electrons. The Hall–Kier alpha value is -3.48. The molecule has 0 amide bonds. The standard InChI is InChI=1S/C23H25ClN6O5S/c1-33-20-10-19-21(35-13-14-12-34-8-7-30(14)19)9-18(20)27-23-25-11-15(24)22(28-23)26-16-5-3-4-6-17(16)29-36(2,31)32/h3-6,9-11,14,29H,7-8,12-13H2,1-2H3,(H2,25,26,27,28)/t14-/m1/s1. The van der Waals surface area contributed by atoms with Gasteiger partial charge in [0.05, 0.1) is 61.6 Å². The van der Waals surface area contributed by atoms with Crippen molar-refractivity contribution in [1.82, 2.24) is 9.97 Å². The van der Waals surface area contributed by atoms with Crippen molar-refractivity contribution < 1.29 is 22.6 Å². The molecule has 0 unspecified atom stereocenters. The first kappa shape index (κ1) is 24.2. The van der Waals surface area contributed by atoms with Gasteiger partial charge in [0.15, 0.2) is 5.82 Å². The highest BCUT2D eigenvalue weighted by atomic mass is 35.5. The summed E-state index contributed by atoms with van der Waals surface area (Å²) in [4.78, 5) is 11.0. The number of benzene rings is 2. The first-order valence-corrected chi connectivity index (χ1v) is 13.4. The molecule has 5 rings (SSSR count). The summed E-state index contributed by atoms with van der Waals surface area (Å²) in [7, 11) is -1.89. The number of hydrogen-bond donors (Lipinski definition) is 3. The summed E-state index contributed by atoms with van der Waals surface area (Å²) in [6.07, 6.45) is 2.53. The fraction of sp³-hybridized carbons (Fsp3) is 0.304. The number of nitrogens with one attached hydrogen (secondary N) is 3. The van der Waals surface area contributed by atoms with Crippen LogP contribution >= 0.6 is 11.6 Å². The Morgan fingerprint density at radius 1 is 1.14 bits per heavy atom. The van der Waals surface area contributed by atoms with Crippen LogP contribution in [0.1, 0.15) is 0 Å². The number of para-hydroxylation sites is 2. The van der Waals surface area contributed by atoms with E-state index in [9.17, 15) is 8.42 Å². The van der Waals surface area contributed by atoms with E-state index in [2.05, 4.69) is 30.2 Å². The Labute approximate surface area is 213 Å². The molecule has 2 aromatic carbocycles. The third kappa shape index (κ3) is 5.20. The molecule has 36 heavy (non-hydrogen) atoms. The number of methoxy groups -OCH3 is 1. The van der Waals surface area contributed by atoms with E-state index >= 15 is 0 Å². The minimum absolute atomic E-state index is 0.169. The number of ether oxygens (including phenoxy) is 3. The number of anilines is 6. The Morgan fingerprint density at radius 2 is 1.94 bits per heavy atom. The van der Waals surface area contributed by atoms with Gasteiger partial charge in [0.2, 0.25) is 16.0 Å². The zero-order valence-corrected chi connectivity index (χ0v) is 21.2. The fourth-order valence-corrected chi connectivity index (χ4v) is 4.81. The minimum atomic E-state index is -3.48. The van der Waals surface area contributed by atoms with Gasteiger partial charge in [0.1, 0.15) is 23.1 Å². The van der Waals surface area contributed by atoms with E-state index in [4.69, 9.17) is 25.8 Å². The van der Waals surface area contributed by atoms with Crippen molar-refractivity contribution >= 4 is 56.1 Å². The van der Waals surface area contributed by atoms with Crippen molar-refractivity contribution in [2.45, 2.75) is 6.04 Å². The highest BCUT2D eigenvalue weighted by Crippen LogP contribution is 2.43. The van der Waals surface area contributed by atoms with E-state index in [0.717, 1.165) is 24.2 Å². The van der Waals surface area contributed by atoms with E-state index in [1.165, 1.54) is 6.20 Å². The van der Waals surface area contributed by atoms with Crippen LogP contribution in [0.3, 0.4) is 0 Å². The molecule has 1 atom stereocenters. The van der Waals surface area contributed by atoms with Gasteiger partial charge in [-0.1, -0.05) is 23.7 Å². The van der Waals surface area contributed by atoms with Crippen LogP contribution in [-0.4, -0.2) is 64.2 Å². The average Bonchev–Trinajstić information content (AvgIpc) is 2.86. The van der Waals surface area contributed by atoms with Gasteiger partial charge < -0.3 is 29.7 Å². The first-order chi connectivity index (χ1) is 17.3. The van der Waals surface area contributed by atoms with Crippen LogP contribution in [0.15, 0.2) is 42.6 Å². The first-order valence-electron chi connectivity index (χ1n) is 11.1. The molecule has 1 fully saturated rings. The van der Waals surface area contributed by atoms with Crippen molar-refractivity contribution in [3.05, 3.63) is 47.6 Å². The zero-order chi connectivity index (χ0) is 25.3. The fourth-order valence-electron chi connectivity index (χ4n) is 4.10. The number of halogens is 1. The molecule has 0 spiro atoms. The van der Waals surface area contributed by atoms with Crippen LogP contribution in [0, 0.1) is 0 Å². The third-order valence-electron chi connectivity index (χ3n) is 5.72. The van der Waals surface area contributed by atoms with Gasteiger partial charge in [-0.25, -0.2) is 13.4 Å². The number of nitrogens with zero attached hydrogens (tertiary/aromatic N) is 3. The van der Waals surface area contributed by atoms with Gasteiger partial charge in [-0.15, -0.1) is 0 Å². The summed E-state index contributed by atoms with van der Waals surface area (Å²) in [6.45, 7) is 2.60. The lowest BCUT2D eigenvalue weighted by atomic mass is 10.1. The molecule has 1 saturated heterocycles. The SMILES string of the molecule is COc1cc2c(cc1Nc1ncc(Cl)c(Nc3ccccc3NS(C)(=O)=O)n1)OC[C@H]1COCCN21. The Kier molecular flexibility index (Phi) is 6.65. The largest absolute Gasteiger partial charge is 0.494 e. The highest BCUT2D eigenvalue weighted by Gasteiger charge is 2.31. The normalized spacial score (nSPS) is 16.9. The van der Waals surface area contributed by atoms with Crippen LogP contribution in [0.2, 0.25) is 5.02 Å². The number of rotatable bonds is 7. The van der Waals surface area contributed by atoms with Gasteiger partial charge in [0.25, 0.3) is 0 Å². The van der Waals surface area contributed by atoms with Crippen molar-refractivity contribution in [3.8, 4) is 11.5 Å². The molecule has 3 N–H and O–H groups in total. The number of sulfonamides is 1. The Balaban J connectivity index is 1.42. The van der Waals surface area contributed by atoms with E-state index in [1.54, 1.807) is 31.4 Å². The zero-order valence-electron chi connectivity index (χ0n) is 19.6. The molecular weight excluding hydrogens is 508 g/mol. The molecule has 13 heteroatoms. The smallest absolute Gasteiger partial charge is 0.229 e. The number of aromatic nitrogens is 2. The van der Waals surface area contributed by atoms with Gasteiger partial charge in [-0.2, -0.15) is 4.98 Å². The lowest BCUT2D eigenvalue weighted by Crippen LogP contribution is -2.51. The van der Waals surface area contributed by atoms with Crippen molar-refractivity contribution in [3.63, 3.8) is 0 Å². The summed E-state index contributed by atoms with van der Waals surface area (Å²) < 4.78 is 43.2. The van der Waals surface area contributed by atoms with Gasteiger partial charge >= 0.3 is 0 Å². The summed E-state index contributed by atoms with van der Waals surface area (Å²) in [5.74, 6) is 1.87. The molecule has 190 valence electrons. The van der Waals surface area contributed by atoms with Crippen molar-refractivity contribution in [2.24, 2.45) is 0 Å². The van der Waals surface area contributed by atoms with Crippen LogP contribution in [0.4, 0.5) is 34.5 Å². The summed E-state index contributed by atoms with van der Waals surface area (Å²) in [5.41, 5.74) is 2.41. The molecule has 0 aliphatic carbocycles. The maximum Gasteiger partial charge on any atom is 0.229 e. The second kappa shape index (κ2) is 9.88. The average molecular weight is 533 g/mol. The minimum Gasteiger partial charge on any atom is -0.494 e. The summed E-state index contributed by atoms with van der Waals surface area (Å²) in [6, 6.07) is 10.8. The van der Waals surface area contributed by atoms with E-state index in [-0.39, 0.29) is 17.0 Å². The van der Waals surface area contributed by atoms with E-state index in [0.29, 0.717) is 48.5 Å². The predicted octanol–water partition coefficient (Wildman–Crippen LogP) is 3.59. The maximum absolute atomic E-state index is 11.7. The monoisotopic (exact) mass is 532 g/mol. The summed E-state index contributed by atoms with van der Waals surface area (Å²) >= 11 is 6.34. The molecule has 1 aromatic heterocycles. The molecular formula is C23H25ClN6O5S. The second-order valence-corrected chi connectivity index (χ2v) is 10.5. The Morgan fingerprint density at radius 3 is 2.72 bits per heavy atom. The van der Waals surface area contributed by atoms with Crippen LogP contribution in [0.25, 0.3) is 0 Å². The molecule has 2 aliphatic rings. The predicted molar refractivity (Wildman–Crippen MR) is 139 cm³/mol. The number of morpholine rings is 1. The van der Waals surface area contributed by atoms with Gasteiger partial charge in [0, 0.05) is 18.7 Å². The van der Waals surface area contributed by atoms with Crippen LogP contribution in [-0.2, 0) is 14.8 Å². The highest BCUT2D eigenvalue weighted by molar-refractivity contribution is 7.92. The van der Waals surface area contributed by atoms with Gasteiger partial charge in [-0.05, 0) is 12.1 Å². The molecule has 3 heterocycles. The Bertz CT molecular complexity index is 1390. The van der Waals surface area contributed by atoms with E-state index < -0.39 is 10.0 Å². The molecule has 3 aromatic rings. The number of fused-ring (bicyclic) bond motifs is 3. The third-order valence-corrected chi connectivity index (χ3v) is 6.58. The lowest BCUT2D eigenvalue weighted by molar-refractivity contribution is 0.0705. The lowest BCUT2D eigenvalue weighted by Gasteiger charge is -2.41. The molecule has 0 bridgehead atoms.